The Morgan fingerprint density at radius 3 is 1.89 bits per heavy atom. The number of nitrogens with zero attached hydrogens (tertiary/aromatic N) is 1. The van der Waals surface area contributed by atoms with Crippen molar-refractivity contribution in [1.29, 1.82) is 0 Å². The van der Waals surface area contributed by atoms with E-state index in [1.807, 2.05) is 13.8 Å². The first-order chi connectivity index (χ1) is 8.67. The van der Waals surface area contributed by atoms with Gasteiger partial charge in [-0.2, -0.15) is 0 Å². The zero-order valence-corrected chi connectivity index (χ0v) is 12.9. The maximum atomic E-state index is 11.9. The van der Waals surface area contributed by atoms with E-state index in [0.29, 0.717) is 0 Å². The summed E-state index contributed by atoms with van der Waals surface area (Å²) in [4.78, 5) is 11.9. The topological polar surface area (TPSA) is 54.5 Å². The first-order valence-corrected chi connectivity index (χ1v) is 7.65. The third-order valence-corrected chi connectivity index (χ3v) is 4.95. The van der Waals surface area contributed by atoms with E-state index in [4.69, 9.17) is 0 Å². The van der Waals surface area contributed by atoms with E-state index in [1.165, 1.54) is 18.4 Å². The van der Waals surface area contributed by atoms with Crippen LogP contribution in [0.5, 0.6) is 0 Å². The minimum Gasteiger partial charge on any atom is -0.299 e. The average Bonchev–Trinajstić information content (AvgIpc) is 2.28. The molecule has 1 aromatic rings. The second-order valence-corrected chi connectivity index (χ2v) is 7.34. The lowest BCUT2D eigenvalue weighted by Gasteiger charge is -2.19. The van der Waals surface area contributed by atoms with E-state index in [2.05, 4.69) is 0 Å². The molecule has 0 N–H and O–H groups in total. The van der Waals surface area contributed by atoms with Crippen molar-refractivity contribution in [3.05, 3.63) is 29.8 Å². The van der Waals surface area contributed by atoms with Crippen LogP contribution in [0.4, 0.5) is 0 Å². The molecule has 1 aromatic carbocycles. The van der Waals surface area contributed by atoms with E-state index in [0.717, 1.165) is 5.56 Å². The highest BCUT2D eigenvalue weighted by Crippen LogP contribution is 2.26. The molecule has 5 heteroatoms. The Morgan fingerprint density at radius 1 is 1.11 bits per heavy atom. The van der Waals surface area contributed by atoms with Gasteiger partial charge >= 0.3 is 0 Å². The Kier molecular flexibility index (Phi) is 4.87. The molecular formula is C14H21NO3S. The molecule has 106 valence electrons. The first-order valence-electron chi connectivity index (χ1n) is 6.21. The molecule has 0 bridgehead atoms. The van der Waals surface area contributed by atoms with Crippen LogP contribution in [0.15, 0.2) is 29.2 Å². The molecule has 0 saturated carbocycles. The van der Waals surface area contributed by atoms with E-state index in [9.17, 15) is 13.2 Å². The molecule has 19 heavy (non-hydrogen) atoms. The van der Waals surface area contributed by atoms with Gasteiger partial charge < -0.3 is 0 Å². The van der Waals surface area contributed by atoms with Gasteiger partial charge in [0.1, 0.15) is 5.78 Å². The lowest BCUT2D eigenvalue weighted by atomic mass is 9.86. The van der Waals surface area contributed by atoms with Crippen molar-refractivity contribution in [2.75, 3.05) is 14.1 Å². The fourth-order valence-electron chi connectivity index (χ4n) is 2.15. The number of hydrogen-bond acceptors (Lipinski definition) is 3. The summed E-state index contributed by atoms with van der Waals surface area (Å²) in [6, 6.07) is 6.57. The standard InChI is InChI=1S/C14H21NO3S/c1-10(2)14(11(3)16)12-6-8-13(9-7-12)19(17,18)15(4)5/h6-10,14H,1-5H3. The van der Waals surface area contributed by atoms with Crippen molar-refractivity contribution in [2.45, 2.75) is 31.6 Å². The van der Waals surface area contributed by atoms with Crippen LogP contribution in [0.3, 0.4) is 0 Å². The highest BCUT2D eigenvalue weighted by Gasteiger charge is 2.22. The van der Waals surface area contributed by atoms with Gasteiger partial charge in [-0.25, -0.2) is 12.7 Å². The van der Waals surface area contributed by atoms with Gasteiger partial charge in [-0.3, -0.25) is 4.79 Å². The van der Waals surface area contributed by atoms with Crippen LogP contribution in [-0.4, -0.2) is 32.6 Å². The summed E-state index contributed by atoms with van der Waals surface area (Å²) in [5.74, 6) is 0.100. The van der Waals surface area contributed by atoms with Crippen molar-refractivity contribution >= 4 is 15.8 Å². The van der Waals surface area contributed by atoms with Crippen LogP contribution in [-0.2, 0) is 14.8 Å². The van der Waals surface area contributed by atoms with Gasteiger partial charge in [0.15, 0.2) is 0 Å². The summed E-state index contributed by atoms with van der Waals surface area (Å²) in [6.45, 7) is 5.53. The molecule has 0 aliphatic heterocycles. The van der Waals surface area contributed by atoms with Crippen molar-refractivity contribution in [2.24, 2.45) is 5.92 Å². The van der Waals surface area contributed by atoms with Crippen molar-refractivity contribution in [1.82, 2.24) is 4.31 Å². The van der Waals surface area contributed by atoms with E-state index in [1.54, 1.807) is 31.2 Å². The minimum absolute atomic E-state index is 0.0956. The van der Waals surface area contributed by atoms with Crippen molar-refractivity contribution in [3.63, 3.8) is 0 Å². The van der Waals surface area contributed by atoms with Gasteiger partial charge in [0, 0.05) is 20.0 Å². The van der Waals surface area contributed by atoms with Crippen LogP contribution < -0.4 is 0 Å². The van der Waals surface area contributed by atoms with E-state index >= 15 is 0 Å². The Hall–Kier alpha value is -1.20. The molecule has 1 rings (SSSR count). The van der Waals surface area contributed by atoms with Crippen LogP contribution in [0.1, 0.15) is 32.3 Å². The first kappa shape index (κ1) is 15.9. The summed E-state index contributed by atoms with van der Waals surface area (Å²) >= 11 is 0. The number of hydrogen-bond donors (Lipinski definition) is 0. The summed E-state index contributed by atoms with van der Waals surface area (Å²) in [5, 5.41) is 0. The third kappa shape index (κ3) is 3.42. The minimum atomic E-state index is -3.41. The predicted molar refractivity (Wildman–Crippen MR) is 75.6 cm³/mol. The molecule has 0 fully saturated rings. The van der Waals surface area contributed by atoms with E-state index < -0.39 is 10.0 Å². The van der Waals surface area contributed by atoms with Gasteiger partial charge in [0.2, 0.25) is 10.0 Å². The monoisotopic (exact) mass is 283 g/mol. The summed E-state index contributed by atoms with van der Waals surface area (Å²) < 4.78 is 25.1. The summed E-state index contributed by atoms with van der Waals surface area (Å²) in [7, 11) is -0.420. The molecule has 4 nitrogen and oxygen atoms in total. The lowest BCUT2D eigenvalue weighted by molar-refractivity contribution is -0.119. The molecule has 1 unspecified atom stereocenters. The maximum absolute atomic E-state index is 11.9. The summed E-state index contributed by atoms with van der Waals surface area (Å²) in [6.07, 6.45) is 0. The number of ketones is 1. The maximum Gasteiger partial charge on any atom is 0.242 e. The smallest absolute Gasteiger partial charge is 0.242 e. The number of benzene rings is 1. The molecule has 0 amide bonds. The number of carbonyl (C=O) groups is 1. The van der Waals surface area contributed by atoms with E-state index in [-0.39, 0.29) is 22.5 Å². The Labute approximate surface area is 115 Å². The Bertz CT molecular complexity index is 545. The van der Waals surface area contributed by atoms with Crippen LogP contribution in [0.2, 0.25) is 0 Å². The molecule has 0 saturated heterocycles. The van der Waals surface area contributed by atoms with Gasteiger partial charge in [0.05, 0.1) is 4.90 Å². The molecule has 0 radical (unpaired) electrons. The zero-order valence-electron chi connectivity index (χ0n) is 12.0. The van der Waals surface area contributed by atoms with Crippen LogP contribution in [0, 0.1) is 5.92 Å². The largest absolute Gasteiger partial charge is 0.299 e. The summed E-state index contributed by atoms with van der Waals surface area (Å²) in [5.41, 5.74) is 0.861. The SMILES string of the molecule is CC(=O)C(c1ccc(S(=O)(=O)N(C)C)cc1)C(C)C. The molecule has 0 heterocycles. The Morgan fingerprint density at radius 2 is 1.58 bits per heavy atom. The normalized spacial score (nSPS) is 13.8. The molecule has 0 aliphatic rings. The second-order valence-electron chi connectivity index (χ2n) is 5.19. The highest BCUT2D eigenvalue weighted by molar-refractivity contribution is 7.89. The van der Waals surface area contributed by atoms with Gasteiger partial charge in [-0.1, -0.05) is 26.0 Å². The number of rotatable bonds is 5. The van der Waals surface area contributed by atoms with Crippen LogP contribution >= 0.6 is 0 Å². The van der Waals surface area contributed by atoms with Gasteiger partial charge in [-0.05, 0) is 30.5 Å². The van der Waals surface area contributed by atoms with Crippen LogP contribution in [0.25, 0.3) is 0 Å². The van der Waals surface area contributed by atoms with Crippen molar-refractivity contribution in [3.8, 4) is 0 Å². The van der Waals surface area contributed by atoms with Gasteiger partial charge in [-0.15, -0.1) is 0 Å². The molecule has 0 aliphatic carbocycles. The number of Topliss-reactive ketones (excluding diaryl/α,β-unsaturated/α-hetero) is 1. The average molecular weight is 283 g/mol. The third-order valence-electron chi connectivity index (χ3n) is 3.12. The molecule has 1 atom stereocenters. The fraction of sp³-hybridized carbons (Fsp3) is 0.500. The fourth-order valence-corrected chi connectivity index (χ4v) is 3.05. The molecular weight excluding hydrogens is 262 g/mol. The second kappa shape index (κ2) is 5.84. The zero-order chi connectivity index (χ0) is 14.8. The predicted octanol–water partition coefficient (Wildman–Crippen LogP) is 2.27. The lowest BCUT2D eigenvalue weighted by Crippen LogP contribution is -2.22. The molecule has 0 spiro atoms. The highest BCUT2D eigenvalue weighted by atomic mass is 32.2. The Balaban J connectivity index is 3.16. The number of carbonyl (C=O) groups excluding carboxylic acids is 1. The van der Waals surface area contributed by atoms with Gasteiger partial charge in [0.25, 0.3) is 0 Å². The molecule has 0 aromatic heterocycles. The quantitative estimate of drug-likeness (QED) is 0.833. The number of sulfonamides is 1. The van der Waals surface area contributed by atoms with Crippen molar-refractivity contribution < 1.29 is 13.2 Å².